The second-order valence-corrected chi connectivity index (χ2v) is 12.6. The van der Waals surface area contributed by atoms with Crippen LogP contribution in [0.5, 0.6) is 11.5 Å². The van der Waals surface area contributed by atoms with E-state index in [-0.39, 0.29) is 34.8 Å². The fourth-order valence-electron chi connectivity index (χ4n) is 8.18. The number of hydrogen-bond acceptors (Lipinski definition) is 6. The minimum Gasteiger partial charge on any atom is -0.504 e. The van der Waals surface area contributed by atoms with Crippen molar-refractivity contribution >= 4 is 11.6 Å². The molecular weight excluding hydrogens is 468 g/mol. The SMILES string of the molecule is C[C@]12CCC(=NOCC(=O)NCCc3ccc(O)c(O)c3)C=C1CC[C@@H]1[C@@H]2CC[C@@]2(C)[C@H]1CC[C@]2(C)O. The highest BCUT2D eigenvalue weighted by Crippen LogP contribution is 2.67. The van der Waals surface area contributed by atoms with Gasteiger partial charge in [-0.05, 0) is 117 Å². The van der Waals surface area contributed by atoms with Crippen molar-refractivity contribution in [3.8, 4) is 11.5 Å². The predicted molar refractivity (Wildman–Crippen MR) is 142 cm³/mol. The number of nitrogens with one attached hydrogen (secondary N) is 1. The Morgan fingerprint density at radius 2 is 1.84 bits per heavy atom. The highest BCUT2D eigenvalue weighted by molar-refractivity contribution is 5.96. The summed E-state index contributed by atoms with van der Waals surface area (Å²) in [6.45, 7) is 7.13. The van der Waals surface area contributed by atoms with Crippen molar-refractivity contribution in [1.29, 1.82) is 0 Å². The van der Waals surface area contributed by atoms with Gasteiger partial charge in [-0.2, -0.15) is 0 Å². The molecule has 202 valence electrons. The van der Waals surface area contributed by atoms with Gasteiger partial charge >= 0.3 is 0 Å². The molecule has 4 aliphatic carbocycles. The Morgan fingerprint density at radius 1 is 1.05 bits per heavy atom. The zero-order chi connectivity index (χ0) is 26.4. The third kappa shape index (κ3) is 4.64. The summed E-state index contributed by atoms with van der Waals surface area (Å²) in [6, 6.07) is 4.64. The summed E-state index contributed by atoms with van der Waals surface area (Å²) in [5.41, 5.74) is 2.93. The molecule has 0 unspecified atom stereocenters. The highest BCUT2D eigenvalue weighted by Gasteiger charge is 2.62. The van der Waals surface area contributed by atoms with Crippen molar-refractivity contribution in [1.82, 2.24) is 5.32 Å². The van der Waals surface area contributed by atoms with Crippen LogP contribution in [-0.2, 0) is 16.1 Å². The summed E-state index contributed by atoms with van der Waals surface area (Å²) in [5, 5.41) is 37.2. The second-order valence-electron chi connectivity index (χ2n) is 12.6. The Bertz CT molecular complexity index is 1110. The van der Waals surface area contributed by atoms with Crippen LogP contribution in [0.4, 0.5) is 0 Å². The zero-order valence-electron chi connectivity index (χ0n) is 22.4. The lowest BCUT2D eigenvalue weighted by Crippen LogP contribution is -2.53. The van der Waals surface area contributed by atoms with Crippen molar-refractivity contribution in [2.24, 2.45) is 33.7 Å². The molecule has 1 aromatic rings. The minimum atomic E-state index is -0.538. The normalized spacial score (nSPS) is 37.8. The van der Waals surface area contributed by atoms with Crippen LogP contribution in [0.15, 0.2) is 35.0 Å². The average Bonchev–Trinajstić information content (AvgIpc) is 3.10. The molecule has 3 saturated carbocycles. The van der Waals surface area contributed by atoms with Gasteiger partial charge in [0.1, 0.15) is 0 Å². The third-order valence-corrected chi connectivity index (χ3v) is 10.7. The second kappa shape index (κ2) is 9.64. The number of phenolic OH excluding ortho intramolecular Hbond substituents is 2. The van der Waals surface area contributed by atoms with Crippen molar-refractivity contribution < 1.29 is 25.0 Å². The lowest BCUT2D eigenvalue weighted by molar-refractivity contribution is -0.125. The highest BCUT2D eigenvalue weighted by atomic mass is 16.6. The average molecular weight is 511 g/mol. The van der Waals surface area contributed by atoms with E-state index >= 15 is 0 Å². The number of rotatable bonds is 6. The van der Waals surface area contributed by atoms with Crippen molar-refractivity contribution in [3.63, 3.8) is 0 Å². The number of oxime groups is 1. The van der Waals surface area contributed by atoms with E-state index in [9.17, 15) is 20.1 Å². The van der Waals surface area contributed by atoms with Crippen LogP contribution in [0, 0.1) is 28.6 Å². The Labute approximate surface area is 220 Å². The van der Waals surface area contributed by atoms with E-state index in [1.54, 1.807) is 6.07 Å². The Morgan fingerprint density at radius 3 is 2.62 bits per heavy atom. The lowest BCUT2D eigenvalue weighted by atomic mass is 9.46. The molecule has 0 saturated heterocycles. The number of fused-ring (bicyclic) bond motifs is 5. The molecule has 0 aromatic heterocycles. The maximum Gasteiger partial charge on any atom is 0.260 e. The predicted octanol–water partition coefficient (Wildman–Crippen LogP) is 4.84. The molecule has 5 rings (SSSR count). The van der Waals surface area contributed by atoms with Gasteiger partial charge in [0.15, 0.2) is 18.1 Å². The van der Waals surface area contributed by atoms with Crippen LogP contribution >= 0.6 is 0 Å². The number of aromatic hydroxyl groups is 2. The molecule has 7 heteroatoms. The molecule has 4 aliphatic rings. The summed E-state index contributed by atoms with van der Waals surface area (Å²) in [4.78, 5) is 17.6. The van der Waals surface area contributed by atoms with Crippen LogP contribution in [-0.4, -0.2) is 45.7 Å². The van der Waals surface area contributed by atoms with Gasteiger partial charge < -0.3 is 25.5 Å². The van der Waals surface area contributed by atoms with Crippen molar-refractivity contribution in [2.45, 2.75) is 84.2 Å². The van der Waals surface area contributed by atoms with E-state index < -0.39 is 5.60 Å². The van der Waals surface area contributed by atoms with Gasteiger partial charge in [0, 0.05) is 6.54 Å². The molecule has 0 bridgehead atoms. The molecule has 0 aliphatic heterocycles. The number of aliphatic hydroxyl groups is 1. The first-order valence-corrected chi connectivity index (χ1v) is 13.9. The molecule has 7 nitrogen and oxygen atoms in total. The molecule has 1 aromatic carbocycles. The van der Waals surface area contributed by atoms with Crippen molar-refractivity contribution in [2.75, 3.05) is 13.2 Å². The van der Waals surface area contributed by atoms with Gasteiger partial charge in [0.2, 0.25) is 0 Å². The smallest absolute Gasteiger partial charge is 0.260 e. The number of nitrogens with zero attached hydrogens (tertiary/aromatic N) is 1. The molecular formula is C30H42N2O5. The third-order valence-electron chi connectivity index (χ3n) is 10.7. The van der Waals surface area contributed by atoms with Crippen LogP contribution in [0.1, 0.15) is 77.7 Å². The standard InChI is InChI=1S/C30H42N2O5/c1-28-12-8-21(32-37-18-27(35)31-15-11-19-4-7-25(33)26(34)16-19)17-20(28)5-6-22-23(28)9-13-29(2)24(22)10-14-30(29,3)36/h4,7,16-17,22-24,33-34,36H,5-6,8-15,18H2,1-3H3,(H,31,35)/t22-,23+,24+,28+,29+,30+/m1/s1. The first-order chi connectivity index (χ1) is 17.5. The lowest BCUT2D eigenvalue weighted by Gasteiger charge is -2.59. The zero-order valence-corrected chi connectivity index (χ0v) is 22.4. The first-order valence-electron chi connectivity index (χ1n) is 13.9. The van der Waals surface area contributed by atoms with E-state index in [0.717, 1.165) is 49.8 Å². The van der Waals surface area contributed by atoms with E-state index in [4.69, 9.17) is 4.84 Å². The number of benzene rings is 1. The Balaban J connectivity index is 1.14. The minimum absolute atomic E-state index is 0.0489. The number of allylic oxidation sites excluding steroid dienone is 2. The topological polar surface area (TPSA) is 111 Å². The number of carbonyl (C=O) groups is 1. The largest absolute Gasteiger partial charge is 0.504 e. The van der Waals surface area contributed by atoms with Gasteiger partial charge in [-0.3, -0.25) is 4.79 Å². The van der Waals surface area contributed by atoms with Gasteiger partial charge in [0.25, 0.3) is 5.91 Å². The first kappa shape index (κ1) is 26.1. The van der Waals surface area contributed by atoms with Crippen LogP contribution in [0.3, 0.4) is 0 Å². The molecule has 1 amide bonds. The van der Waals surface area contributed by atoms with Gasteiger partial charge in [-0.25, -0.2) is 0 Å². The summed E-state index contributed by atoms with van der Waals surface area (Å²) in [7, 11) is 0. The van der Waals surface area contributed by atoms with E-state index in [1.807, 2.05) is 0 Å². The summed E-state index contributed by atoms with van der Waals surface area (Å²) < 4.78 is 0. The van der Waals surface area contributed by atoms with Crippen LogP contribution in [0.2, 0.25) is 0 Å². The maximum absolute atomic E-state index is 12.2. The number of carbonyl (C=O) groups excluding carboxylic acids is 1. The fraction of sp³-hybridized carbons (Fsp3) is 0.667. The molecule has 0 heterocycles. The van der Waals surface area contributed by atoms with Crippen LogP contribution in [0.25, 0.3) is 0 Å². The van der Waals surface area contributed by atoms with E-state index in [2.05, 4.69) is 37.3 Å². The quantitative estimate of drug-likeness (QED) is 0.323. The monoisotopic (exact) mass is 510 g/mol. The Kier molecular flexibility index (Phi) is 6.80. The Hall–Kier alpha value is -2.54. The van der Waals surface area contributed by atoms with Crippen molar-refractivity contribution in [3.05, 3.63) is 35.4 Å². The molecule has 0 spiro atoms. The maximum atomic E-state index is 12.2. The van der Waals surface area contributed by atoms with Gasteiger partial charge in [0.05, 0.1) is 11.3 Å². The van der Waals surface area contributed by atoms with E-state index in [0.29, 0.717) is 30.7 Å². The summed E-state index contributed by atoms with van der Waals surface area (Å²) in [6.07, 6.45) is 11.3. The fourth-order valence-corrected chi connectivity index (χ4v) is 8.18. The van der Waals surface area contributed by atoms with Crippen LogP contribution < -0.4 is 5.32 Å². The summed E-state index contributed by atoms with van der Waals surface area (Å²) >= 11 is 0. The molecule has 4 N–H and O–H groups in total. The number of amides is 1. The van der Waals surface area contributed by atoms with E-state index in [1.165, 1.54) is 30.5 Å². The summed E-state index contributed by atoms with van der Waals surface area (Å²) in [5.74, 6) is 1.43. The molecule has 0 radical (unpaired) electrons. The number of phenols is 2. The number of hydrogen-bond donors (Lipinski definition) is 4. The molecule has 3 fully saturated rings. The van der Waals surface area contributed by atoms with Gasteiger partial charge in [-0.15, -0.1) is 0 Å². The molecule has 37 heavy (non-hydrogen) atoms. The van der Waals surface area contributed by atoms with Gasteiger partial charge in [-0.1, -0.05) is 30.6 Å². The molecule has 6 atom stereocenters.